The summed E-state index contributed by atoms with van der Waals surface area (Å²) in [5.74, 6) is 0.614. The molecular weight excluding hydrogens is 286 g/mol. The predicted octanol–water partition coefficient (Wildman–Crippen LogP) is 2.05. The van der Waals surface area contributed by atoms with Gasteiger partial charge in [-0.25, -0.2) is 4.98 Å². The van der Waals surface area contributed by atoms with Gasteiger partial charge in [-0.1, -0.05) is 0 Å². The highest BCUT2D eigenvalue weighted by atomic mass is 32.1. The molecule has 1 saturated carbocycles. The number of thiazole rings is 1. The summed E-state index contributed by atoms with van der Waals surface area (Å²) < 4.78 is 0. The maximum absolute atomic E-state index is 12.1. The highest BCUT2D eigenvalue weighted by Gasteiger charge is 2.25. The molecule has 6 heteroatoms. The molecule has 1 fully saturated rings. The number of hydrogen-bond donors (Lipinski definition) is 2. The fourth-order valence-electron chi connectivity index (χ4n) is 2.77. The number of nitrogens with two attached hydrogens (primary N) is 1. The first-order chi connectivity index (χ1) is 10.1. The van der Waals surface area contributed by atoms with Crippen molar-refractivity contribution >= 4 is 23.0 Å². The van der Waals surface area contributed by atoms with Crippen LogP contribution in [0.2, 0.25) is 0 Å². The second-order valence-corrected chi connectivity index (χ2v) is 6.96. The molecule has 0 aromatic carbocycles. The molecule has 2 rings (SSSR count). The van der Waals surface area contributed by atoms with Crippen molar-refractivity contribution in [3.05, 3.63) is 16.1 Å². The first-order valence-electron chi connectivity index (χ1n) is 7.53. The van der Waals surface area contributed by atoms with Crippen LogP contribution in [0, 0.1) is 12.8 Å². The number of rotatable bonds is 6. The van der Waals surface area contributed by atoms with Gasteiger partial charge < -0.3 is 11.1 Å². The molecule has 3 N–H and O–H groups in total. The van der Waals surface area contributed by atoms with Crippen LogP contribution in [0.4, 0.5) is 0 Å². The van der Waals surface area contributed by atoms with E-state index in [0.717, 1.165) is 30.6 Å². The number of nitrogens with zero attached hydrogens (tertiary/aromatic N) is 1. The Kier molecular flexibility index (Phi) is 5.87. The third kappa shape index (κ3) is 4.89. The highest BCUT2D eigenvalue weighted by Crippen LogP contribution is 2.28. The number of Topliss-reactive ketones (excluding diaryl/α,β-unsaturated/α-hetero) is 1. The number of carbonyl (C=O) groups is 2. The van der Waals surface area contributed by atoms with E-state index in [2.05, 4.69) is 10.3 Å². The molecule has 0 spiro atoms. The van der Waals surface area contributed by atoms with Gasteiger partial charge in [0.25, 0.3) is 0 Å². The molecule has 1 aliphatic rings. The Morgan fingerprint density at radius 1 is 1.38 bits per heavy atom. The summed E-state index contributed by atoms with van der Waals surface area (Å²) in [6, 6.07) is 0.248. The van der Waals surface area contributed by atoms with Gasteiger partial charge in [-0.15, -0.1) is 11.3 Å². The monoisotopic (exact) mass is 309 g/mol. The molecule has 116 valence electrons. The van der Waals surface area contributed by atoms with E-state index in [4.69, 9.17) is 5.73 Å². The van der Waals surface area contributed by atoms with Gasteiger partial charge in [0, 0.05) is 36.5 Å². The molecule has 0 aliphatic heterocycles. The maximum atomic E-state index is 12.1. The normalized spacial score (nSPS) is 22.0. The minimum Gasteiger partial charge on any atom is -0.353 e. The minimum atomic E-state index is 0.0373. The van der Waals surface area contributed by atoms with Crippen LogP contribution in [0.15, 0.2) is 6.20 Å². The molecule has 0 bridgehead atoms. The van der Waals surface area contributed by atoms with E-state index in [-0.39, 0.29) is 17.7 Å². The van der Waals surface area contributed by atoms with Gasteiger partial charge in [0.15, 0.2) is 10.8 Å². The van der Waals surface area contributed by atoms with E-state index in [1.165, 1.54) is 11.3 Å². The Bertz CT molecular complexity index is 493. The average Bonchev–Trinajstić information content (AvgIpc) is 2.88. The van der Waals surface area contributed by atoms with Gasteiger partial charge in [-0.3, -0.25) is 9.59 Å². The molecule has 0 radical (unpaired) electrons. The summed E-state index contributed by atoms with van der Waals surface area (Å²) >= 11 is 1.47. The van der Waals surface area contributed by atoms with Crippen molar-refractivity contribution in [3.8, 4) is 0 Å². The Hall–Kier alpha value is -1.27. The van der Waals surface area contributed by atoms with Crippen LogP contribution in [-0.4, -0.2) is 29.3 Å². The lowest BCUT2D eigenvalue weighted by molar-refractivity contribution is -0.121. The van der Waals surface area contributed by atoms with Crippen molar-refractivity contribution in [3.63, 3.8) is 0 Å². The van der Waals surface area contributed by atoms with E-state index < -0.39 is 0 Å². The van der Waals surface area contributed by atoms with Crippen molar-refractivity contribution in [2.75, 3.05) is 6.54 Å². The summed E-state index contributed by atoms with van der Waals surface area (Å²) in [6.45, 7) is 2.35. The number of carbonyl (C=O) groups excluding carboxylic acids is 2. The summed E-state index contributed by atoms with van der Waals surface area (Å²) in [5.41, 5.74) is 5.37. The zero-order chi connectivity index (χ0) is 15.2. The van der Waals surface area contributed by atoms with Crippen molar-refractivity contribution < 1.29 is 9.59 Å². The molecule has 0 unspecified atom stereocenters. The first kappa shape index (κ1) is 16.1. The van der Waals surface area contributed by atoms with Gasteiger partial charge in [0.2, 0.25) is 5.91 Å². The maximum Gasteiger partial charge on any atom is 0.221 e. The predicted molar refractivity (Wildman–Crippen MR) is 83.4 cm³/mol. The van der Waals surface area contributed by atoms with E-state index in [0.29, 0.717) is 30.3 Å². The Morgan fingerprint density at radius 3 is 2.67 bits per heavy atom. The summed E-state index contributed by atoms with van der Waals surface area (Å²) in [6.07, 6.45) is 6.60. The van der Waals surface area contributed by atoms with Gasteiger partial charge in [0.05, 0.1) is 0 Å². The lowest BCUT2D eigenvalue weighted by atomic mass is 9.83. The minimum absolute atomic E-state index is 0.0373. The molecule has 0 atom stereocenters. The fraction of sp³-hybridized carbons (Fsp3) is 0.667. The van der Waals surface area contributed by atoms with Crippen LogP contribution < -0.4 is 11.1 Å². The SMILES string of the molecule is Cc1cnc(C(=O)CC2CCC(NC(=O)CCN)CC2)s1. The van der Waals surface area contributed by atoms with Crippen molar-refractivity contribution in [1.82, 2.24) is 10.3 Å². The molecular formula is C15H23N3O2S. The van der Waals surface area contributed by atoms with Crippen LogP contribution in [0.3, 0.4) is 0 Å². The number of amides is 1. The molecule has 1 aromatic rings. The quantitative estimate of drug-likeness (QED) is 0.788. The summed E-state index contributed by atoms with van der Waals surface area (Å²) in [5, 5.41) is 3.64. The second-order valence-electron chi connectivity index (χ2n) is 5.73. The molecule has 1 amide bonds. The zero-order valence-corrected chi connectivity index (χ0v) is 13.2. The van der Waals surface area contributed by atoms with Crippen LogP contribution in [0.1, 0.15) is 53.2 Å². The number of nitrogens with one attached hydrogen (secondary N) is 1. The fourth-order valence-corrected chi connectivity index (χ4v) is 3.49. The van der Waals surface area contributed by atoms with Crippen molar-refractivity contribution in [2.45, 2.75) is 51.5 Å². The molecule has 1 aromatic heterocycles. The number of ketones is 1. The van der Waals surface area contributed by atoms with Crippen molar-refractivity contribution in [1.29, 1.82) is 0 Å². The topological polar surface area (TPSA) is 85.1 Å². The van der Waals surface area contributed by atoms with E-state index >= 15 is 0 Å². The van der Waals surface area contributed by atoms with Gasteiger partial charge >= 0.3 is 0 Å². The molecule has 1 heterocycles. The third-order valence-corrected chi connectivity index (χ3v) is 4.87. The lowest BCUT2D eigenvalue weighted by Crippen LogP contribution is -2.38. The lowest BCUT2D eigenvalue weighted by Gasteiger charge is -2.28. The average molecular weight is 309 g/mol. The molecule has 21 heavy (non-hydrogen) atoms. The first-order valence-corrected chi connectivity index (χ1v) is 8.35. The Labute approximate surface area is 129 Å². The van der Waals surface area contributed by atoms with Gasteiger partial charge in [-0.2, -0.15) is 0 Å². The van der Waals surface area contributed by atoms with Crippen molar-refractivity contribution in [2.24, 2.45) is 11.7 Å². The third-order valence-electron chi connectivity index (χ3n) is 3.92. The van der Waals surface area contributed by atoms with Crippen LogP contribution in [0.25, 0.3) is 0 Å². The Morgan fingerprint density at radius 2 is 2.10 bits per heavy atom. The summed E-state index contributed by atoms with van der Waals surface area (Å²) in [7, 11) is 0. The highest BCUT2D eigenvalue weighted by molar-refractivity contribution is 7.13. The van der Waals surface area contributed by atoms with Crippen LogP contribution in [0.5, 0.6) is 0 Å². The number of hydrogen-bond acceptors (Lipinski definition) is 5. The second kappa shape index (κ2) is 7.66. The molecule has 1 aliphatic carbocycles. The van der Waals surface area contributed by atoms with E-state index in [1.54, 1.807) is 6.20 Å². The number of aryl methyl sites for hydroxylation is 1. The summed E-state index contributed by atoms with van der Waals surface area (Å²) in [4.78, 5) is 28.9. The van der Waals surface area contributed by atoms with Gasteiger partial charge in [-0.05, 0) is 38.5 Å². The van der Waals surface area contributed by atoms with Gasteiger partial charge in [0.1, 0.15) is 0 Å². The largest absolute Gasteiger partial charge is 0.353 e. The zero-order valence-electron chi connectivity index (χ0n) is 12.4. The number of aromatic nitrogens is 1. The van der Waals surface area contributed by atoms with Crippen LogP contribution in [-0.2, 0) is 4.79 Å². The van der Waals surface area contributed by atoms with E-state index in [9.17, 15) is 9.59 Å². The molecule has 5 nitrogen and oxygen atoms in total. The molecule has 0 saturated heterocycles. The smallest absolute Gasteiger partial charge is 0.221 e. The Balaban J connectivity index is 1.74. The van der Waals surface area contributed by atoms with E-state index in [1.807, 2.05) is 6.92 Å². The van der Waals surface area contributed by atoms with Crippen LogP contribution >= 0.6 is 11.3 Å². The standard InChI is InChI=1S/C15H23N3O2S/c1-10-9-17-15(21-10)13(19)8-11-2-4-12(5-3-11)18-14(20)6-7-16/h9,11-12H,2-8,16H2,1H3,(H,18,20).